The normalized spacial score (nSPS) is 36.9. The predicted molar refractivity (Wildman–Crippen MR) is 57.8 cm³/mol. The Labute approximate surface area is 98.5 Å². The average Bonchev–Trinajstić information content (AvgIpc) is 2.44. The monoisotopic (exact) mass is 262 g/mol. The van der Waals surface area contributed by atoms with Crippen molar-refractivity contribution in [3.05, 3.63) is 0 Å². The summed E-state index contributed by atoms with van der Waals surface area (Å²) in [5.41, 5.74) is 0. The number of hydrogen-bond acceptors (Lipinski definition) is 6. The summed E-state index contributed by atoms with van der Waals surface area (Å²) >= 11 is 0. The van der Waals surface area contributed by atoms with Gasteiger partial charge in [0.25, 0.3) is 0 Å². The summed E-state index contributed by atoms with van der Waals surface area (Å²) in [4.78, 5) is 22.4. The molecule has 2 aliphatic rings. The van der Waals surface area contributed by atoms with Gasteiger partial charge in [0, 0.05) is 12.5 Å². The van der Waals surface area contributed by atoms with Crippen LogP contribution in [0.2, 0.25) is 0 Å². The van der Waals surface area contributed by atoms with Gasteiger partial charge in [-0.15, -0.1) is 0 Å². The number of sulfone groups is 1. The van der Waals surface area contributed by atoms with Gasteiger partial charge in [0.15, 0.2) is 9.84 Å². The van der Waals surface area contributed by atoms with E-state index in [1.807, 2.05) is 0 Å². The van der Waals surface area contributed by atoms with Gasteiger partial charge >= 0.3 is 0 Å². The van der Waals surface area contributed by atoms with Crippen LogP contribution in [0.3, 0.4) is 0 Å². The van der Waals surface area contributed by atoms with Crippen LogP contribution in [-0.2, 0) is 19.4 Å². The van der Waals surface area contributed by atoms with Gasteiger partial charge in [-0.1, -0.05) is 0 Å². The Morgan fingerprint density at radius 3 is 2.53 bits per heavy atom. The van der Waals surface area contributed by atoms with Crippen LogP contribution in [-0.4, -0.2) is 55.0 Å². The van der Waals surface area contributed by atoms with Crippen molar-refractivity contribution in [3.8, 4) is 0 Å². The molecule has 0 aliphatic carbocycles. The fourth-order valence-corrected chi connectivity index (χ4v) is 3.85. The van der Waals surface area contributed by atoms with Crippen molar-refractivity contribution in [2.75, 3.05) is 11.5 Å². The number of aliphatic hydroxyl groups excluding tert-OH is 1. The van der Waals surface area contributed by atoms with Crippen LogP contribution < -0.4 is 10.6 Å². The van der Waals surface area contributed by atoms with Crippen LogP contribution >= 0.6 is 0 Å². The van der Waals surface area contributed by atoms with E-state index < -0.39 is 33.9 Å². The van der Waals surface area contributed by atoms with Crippen molar-refractivity contribution in [3.63, 3.8) is 0 Å². The van der Waals surface area contributed by atoms with Crippen molar-refractivity contribution in [2.24, 2.45) is 0 Å². The van der Waals surface area contributed by atoms with Crippen LogP contribution in [0.25, 0.3) is 0 Å². The number of piperidine rings is 1. The Morgan fingerprint density at radius 2 is 2.00 bits per heavy atom. The maximum Gasteiger partial charge on any atom is 0.243 e. The van der Waals surface area contributed by atoms with Gasteiger partial charge in [0.05, 0.1) is 23.7 Å². The third-order valence-corrected chi connectivity index (χ3v) is 4.69. The van der Waals surface area contributed by atoms with E-state index in [1.54, 1.807) is 0 Å². The lowest BCUT2D eigenvalue weighted by Gasteiger charge is -2.25. The largest absolute Gasteiger partial charge is 0.390 e. The number of carbonyl (C=O) groups excluding carboxylic acids is 2. The predicted octanol–water partition coefficient (Wildman–Crippen LogP) is -2.46. The highest BCUT2D eigenvalue weighted by molar-refractivity contribution is 7.91. The molecular formula is C9H14N2O5S. The number of imide groups is 1. The molecule has 3 N–H and O–H groups in total. The van der Waals surface area contributed by atoms with Crippen molar-refractivity contribution in [1.29, 1.82) is 0 Å². The van der Waals surface area contributed by atoms with Gasteiger partial charge in [-0.05, 0) is 6.42 Å². The van der Waals surface area contributed by atoms with Crippen LogP contribution in [0.1, 0.15) is 12.8 Å². The summed E-state index contributed by atoms with van der Waals surface area (Å²) in [5, 5.41) is 14.5. The van der Waals surface area contributed by atoms with E-state index in [-0.39, 0.29) is 23.8 Å². The zero-order valence-electron chi connectivity index (χ0n) is 9.05. The molecule has 0 aromatic heterocycles. The number of carbonyl (C=O) groups is 2. The molecule has 2 heterocycles. The van der Waals surface area contributed by atoms with Crippen LogP contribution in [0.4, 0.5) is 0 Å². The highest BCUT2D eigenvalue weighted by Gasteiger charge is 2.39. The Kier molecular flexibility index (Phi) is 3.19. The highest BCUT2D eigenvalue weighted by atomic mass is 32.2. The minimum atomic E-state index is -3.23. The van der Waals surface area contributed by atoms with Crippen LogP contribution in [0.15, 0.2) is 0 Å². The van der Waals surface area contributed by atoms with Crippen molar-refractivity contribution >= 4 is 21.7 Å². The van der Waals surface area contributed by atoms with Crippen molar-refractivity contribution in [1.82, 2.24) is 10.6 Å². The zero-order chi connectivity index (χ0) is 12.6. The Bertz CT molecular complexity index is 446. The molecule has 0 aromatic carbocycles. The molecule has 2 rings (SSSR count). The first-order valence-corrected chi connectivity index (χ1v) is 7.18. The van der Waals surface area contributed by atoms with Gasteiger partial charge in [-0.2, -0.15) is 0 Å². The van der Waals surface area contributed by atoms with Gasteiger partial charge < -0.3 is 5.11 Å². The SMILES string of the molecule is O=C1CCC(NC2CS(=O)(=O)CC2O)C(=O)N1. The number of aliphatic hydroxyl groups is 1. The molecular weight excluding hydrogens is 248 g/mol. The second kappa shape index (κ2) is 4.35. The Morgan fingerprint density at radius 1 is 1.29 bits per heavy atom. The van der Waals surface area contributed by atoms with E-state index in [2.05, 4.69) is 10.6 Å². The summed E-state index contributed by atoms with van der Waals surface area (Å²) in [6, 6.07) is -1.25. The topological polar surface area (TPSA) is 113 Å². The first kappa shape index (κ1) is 12.5. The van der Waals surface area contributed by atoms with Crippen molar-refractivity contribution < 1.29 is 23.1 Å². The maximum absolute atomic E-state index is 11.4. The first-order chi connectivity index (χ1) is 7.87. The minimum absolute atomic E-state index is 0.175. The van der Waals surface area contributed by atoms with E-state index in [0.717, 1.165) is 0 Å². The fourth-order valence-electron chi connectivity index (χ4n) is 2.10. The standard InChI is InChI=1S/C9H14N2O5S/c12-7-4-17(15,16)3-6(7)10-5-1-2-8(13)11-9(5)14/h5-7,10,12H,1-4H2,(H,11,13,14). The van der Waals surface area contributed by atoms with Gasteiger partial charge in [0.2, 0.25) is 11.8 Å². The molecule has 3 unspecified atom stereocenters. The molecule has 17 heavy (non-hydrogen) atoms. The van der Waals surface area contributed by atoms with Gasteiger partial charge in [-0.3, -0.25) is 20.2 Å². The molecule has 0 saturated carbocycles. The van der Waals surface area contributed by atoms with E-state index in [9.17, 15) is 23.1 Å². The lowest BCUT2D eigenvalue weighted by Crippen LogP contribution is -2.55. The molecule has 2 aliphatic heterocycles. The second-order valence-electron chi connectivity index (χ2n) is 4.42. The quantitative estimate of drug-likeness (QED) is 0.476. The Balaban J connectivity index is 1.98. The lowest BCUT2D eigenvalue weighted by atomic mass is 10.0. The molecule has 0 radical (unpaired) electrons. The summed E-state index contributed by atoms with van der Waals surface area (Å²) in [5.74, 6) is -1.24. The summed E-state index contributed by atoms with van der Waals surface area (Å²) in [7, 11) is -3.23. The number of amides is 2. The molecule has 7 nitrogen and oxygen atoms in total. The minimum Gasteiger partial charge on any atom is -0.390 e. The Hall–Kier alpha value is -0.990. The van der Waals surface area contributed by atoms with Gasteiger partial charge in [0.1, 0.15) is 0 Å². The average molecular weight is 262 g/mol. The molecule has 96 valence electrons. The fraction of sp³-hybridized carbons (Fsp3) is 0.778. The highest BCUT2D eigenvalue weighted by Crippen LogP contribution is 2.15. The molecule has 0 spiro atoms. The first-order valence-electron chi connectivity index (χ1n) is 5.35. The maximum atomic E-state index is 11.4. The molecule has 2 fully saturated rings. The molecule has 0 aromatic rings. The number of nitrogens with one attached hydrogen (secondary N) is 2. The van der Waals surface area contributed by atoms with Crippen LogP contribution in [0.5, 0.6) is 0 Å². The van der Waals surface area contributed by atoms with Crippen molar-refractivity contribution in [2.45, 2.75) is 31.0 Å². The third kappa shape index (κ3) is 2.82. The molecule has 0 bridgehead atoms. The molecule has 8 heteroatoms. The molecule has 3 atom stereocenters. The molecule has 2 saturated heterocycles. The van der Waals surface area contributed by atoms with Gasteiger partial charge in [-0.25, -0.2) is 8.42 Å². The third-order valence-electron chi connectivity index (χ3n) is 2.98. The summed E-state index contributed by atoms with van der Waals surface area (Å²) in [6.45, 7) is 0. The van der Waals surface area contributed by atoms with E-state index in [4.69, 9.17) is 0 Å². The summed E-state index contributed by atoms with van der Waals surface area (Å²) in [6.07, 6.45) is -0.446. The van der Waals surface area contributed by atoms with E-state index in [0.29, 0.717) is 6.42 Å². The second-order valence-corrected chi connectivity index (χ2v) is 6.57. The number of hydrogen-bond donors (Lipinski definition) is 3. The summed E-state index contributed by atoms with van der Waals surface area (Å²) < 4.78 is 22.5. The zero-order valence-corrected chi connectivity index (χ0v) is 9.87. The lowest BCUT2D eigenvalue weighted by molar-refractivity contribution is -0.134. The van der Waals surface area contributed by atoms with E-state index in [1.165, 1.54) is 0 Å². The van der Waals surface area contributed by atoms with E-state index >= 15 is 0 Å². The smallest absolute Gasteiger partial charge is 0.243 e. The van der Waals surface area contributed by atoms with Crippen LogP contribution in [0, 0.1) is 0 Å². The number of rotatable bonds is 2. The molecule has 2 amide bonds.